The van der Waals surface area contributed by atoms with Gasteiger partial charge in [0.1, 0.15) is 12.4 Å². The zero-order valence-electron chi connectivity index (χ0n) is 12.2. The van der Waals surface area contributed by atoms with Gasteiger partial charge in [-0.15, -0.1) is 0 Å². The Morgan fingerprint density at radius 1 is 1.18 bits per heavy atom. The first-order valence-corrected chi connectivity index (χ1v) is 7.08. The Morgan fingerprint density at radius 3 is 2.45 bits per heavy atom. The highest BCUT2D eigenvalue weighted by Crippen LogP contribution is 2.29. The third-order valence-corrected chi connectivity index (χ3v) is 3.10. The molecule has 1 aromatic heterocycles. The smallest absolute Gasteiger partial charge is 0.374 e. The Balaban J connectivity index is 2.38. The van der Waals surface area contributed by atoms with Gasteiger partial charge in [-0.2, -0.15) is 0 Å². The third-order valence-electron chi connectivity index (χ3n) is 2.85. The summed E-state index contributed by atoms with van der Waals surface area (Å²) in [6, 6.07) is 8.60. The Morgan fingerprint density at radius 2 is 1.86 bits per heavy atom. The highest BCUT2D eigenvalue weighted by Gasteiger charge is 2.19. The second-order valence-electron chi connectivity index (χ2n) is 4.46. The Hall–Kier alpha value is -2.27. The van der Waals surface area contributed by atoms with Crippen LogP contribution in [0.4, 0.5) is 0 Å². The van der Waals surface area contributed by atoms with Crippen LogP contribution in [0.2, 0.25) is 5.02 Å². The quantitative estimate of drug-likeness (QED) is 0.782. The first-order chi connectivity index (χ1) is 10.5. The van der Waals surface area contributed by atoms with E-state index in [-0.39, 0.29) is 19.0 Å². The predicted octanol–water partition coefficient (Wildman–Crippen LogP) is 3.84. The van der Waals surface area contributed by atoms with E-state index >= 15 is 0 Å². The van der Waals surface area contributed by atoms with Crippen molar-refractivity contribution in [2.45, 2.75) is 20.5 Å². The van der Waals surface area contributed by atoms with Crippen LogP contribution in [0.15, 0.2) is 34.7 Å². The van der Waals surface area contributed by atoms with Crippen LogP contribution in [0.3, 0.4) is 0 Å². The lowest BCUT2D eigenvalue weighted by atomic mass is 10.1. The molecule has 0 unspecified atom stereocenters. The van der Waals surface area contributed by atoms with Crippen molar-refractivity contribution in [1.82, 2.24) is 0 Å². The topological polar surface area (TPSA) is 65.7 Å². The first kappa shape index (κ1) is 16.1. The van der Waals surface area contributed by atoms with Gasteiger partial charge in [-0.05, 0) is 30.7 Å². The van der Waals surface area contributed by atoms with Gasteiger partial charge in [0.15, 0.2) is 0 Å². The molecule has 0 spiro atoms. The lowest BCUT2D eigenvalue weighted by molar-refractivity contribution is -0.142. The van der Waals surface area contributed by atoms with Gasteiger partial charge in [-0.1, -0.05) is 23.7 Å². The van der Waals surface area contributed by atoms with Crippen LogP contribution in [-0.4, -0.2) is 18.5 Å². The molecule has 0 amide bonds. The highest BCUT2D eigenvalue weighted by atomic mass is 35.5. The molecule has 0 atom stereocenters. The molecule has 22 heavy (non-hydrogen) atoms. The molecular formula is C16H15ClO5. The molecule has 116 valence electrons. The van der Waals surface area contributed by atoms with Gasteiger partial charge in [0.25, 0.3) is 0 Å². The summed E-state index contributed by atoms with van der Waals surface area (Å²) in [5.41, 5.74) is 1.45. The maximum absolute atomic E-state index is 11.8. The second-order valence-corrected chi connectivity index (χ2v) is 4.89. The van der Waals surface area contributed by atoms with Gasteiger partial charge in [-0.3, -0.25) is 4.79 Å². The van der Waals surface area contributed by atoms with Crippen molar-refractivity contribution in [3.05, 3.63) is 46.9 Å². The lowest BCUT2D eigenvalue weighted by Crippen LogP contribution is -2.03. The summed E-state index contributed by atoms with van der Waals surface area (Å²) in [6.45, 7) is 3.19. The number of carbonyl (C=O) groups excluding carboxylic acids is 2. The zero-order valence-corrected chi connectivity index (χ0v) is 13.0. The fourth-order valence-corrected chi connectivity index (χ4v) is 2.01. The molecule has 2 aromatic rings. The molecule has 6 heteroatoms. The van der Waals surface area contributed by atoms with Crippen LogP contribution in [0, 0.1) is 0 Å². The molecule has 5 nitrogen and oxygen atoms in total. The minimum Gasteiger partial charge on any atom is -0.460 e. The first-order valence-electron chi connectivity index (χ1n) is 6.70. The fraction of sp³-hybridized carbons (Fsp3) is 0.250. The molecule has 0 fully saturated rings. The SMILES string of the molecule is CCOC(=O)c1cc(-c2ccc(Cl)cc2)c(COC(C)=O)o1. The van der Waals surface area contributed by atoms with E-state index in [0.717, 1.165) is 5.56 Å². The van der Waals surface area contributed by atoms with Crippen molar-refractivity contribution in [2.24, 2.45) is 0 Å². The number of hydrogen-bond donors (Lipinski definition) is 0. The van der Waals surface area contributed by atoms with Gasteiger partial charge in [0, 0.05) is 17.5 Å². The van der Waals surface area contributed by atoms with Crippen molar-refractivity contribution in [2.75, 3.05) is 6.61 Å². The molecule has 1 heterocycles. The largest absolute Gasteiger partial charge is 0.460 e. The van der Waals surface area contributed by atoms with E-state index in [4.69, 9.17) is 25.5 Å². The Kier molecular flexibility index (Phi) is 5.22. The molecular weight excluding hydrogens is 308 g/mol. The molecule has 0 N–H and O–H groups in total. The molecule has 2 rings (SSSR count). The number of furan rings is 1. The minimum absolute atomic E-state index is 0.0628. The number of carbonyl (C=O) groups is 2. The summed E-state index contributed by atoms with van der Waals surface area (Å²) in [5.74, 6) is -0.558. The van der Waals surface area contributed by atoms with Gasteiger partial charge in [-0.25, -0.2) is 4.79 Å². The summed E-state index contributed by atoms with van der Waals surface area (Å²) in [6.07, 6.45) is 0. The molecule has 0 aliphatic rings. The monoisotopic (exact) mass is 322 g/mol. The average molecular weight is 323 g/mol. The summed E-state index contributed by atoms with van der Waals surface area (Å²) >= 11 is 5.87. The van der Waals surface area contributed by atoms with E-state index in [9.17, 15) is 9.59 Å². The summed E-state index contributed by atoms with van der Waals surface area (Å²) in [7, 11) is 0. The van der Waals surface area contributed by atoms with E-state index in [1.807, 2.05) is 0 Å². The van der Waals surface area contributed by atoms with E-state index in [2.05, 4.69) is 0 Å². The minimum atomic E-state index is -0.563. The number of benzene rings is 1. The number of esters is 2. The van der Waals surface area contributed by atoms with Crippen LogP contribution >= 0.6 is 11.6 Å². The number of rotatable bonds is 5. The lowest BCUT2D eigenvalue weighted by Gasteiger charge is -2.03. The van der Waals surface area contributed by atoms with Crippen molar-refractivity contribution in [3.8, 4) is 11.1 Å². The molecule has 0 aliphatic carbocycles. The molecule has 0 saturated carbocycles. The van der Waals surface area contributed by atoms with E-state index in [0.29, 0.717) is 16.3 Å². The van der Waals surface area contributed by atoms with Crippen LogP contribution < -0.4 is 0 Å². The fourth-order valence-electron chi connectivity index (χ4n) is 1.88. The molecule has 0 aliphatic heterocycles. The van der Waals surface area contributed by atoms with E-state index in [1.165, 1.54) is 6.92 Å². The van der Waals surface area contributed by atoms with Crippen molar-refractivity contribution in [3.63, 3.8) is 0 Å². The van der Waals surface area contributed by atoms with Crippen LogP contribution in [-0.2, 0) is 20.9 Å². The molecule has 0 saturated heterocycles. The van der Waals surface area contributed by atoms with Gasteiger partial charge in [0.2, 0.25) is 5.76 Å². The number of halogens is 1. The van der Waals surface area contributed by atoms with Crippen LogP contribution in [0.5, 0.6) is 0 Å². The van der Waals surface area contributed by atoms with Gasteiger partial charge < -0.3 is 13.9 Å². The summed E-state index contributed by atoms with van der Waals surface area (Å²) in [5, 5.41) is 0.597. The molecule has 1 aromatic carbocycles. The molecule has 0 bridgehead atoms. The highest BCUT2D eigenvalue weighted by molar-refractivity contribution is 6.30. The predicted molar refractivity (Wildman–Crippen MR) is 80.6 cm³/mol. The second kappa shape index (κ2) is 7.13. The van der Waals surface area contributed by atoms with Crippen molar-refractivity contribution in [1.29, 1.82) is 0 Å². The Labute approximate surface area is 132 Å². The van der Waals surface area contributed by atoms with Crippen molar-refractivity contribution < 1.29 is 23.5 Å². The van der Waals surface area contributed by atoms with Gasteiger partial charge in [0.05, 0.1) is 6.61 Å². The van der Waals surface area contributed by atoms with Gasteiger partial charge >= 0.3 is 11.9 Å². The average Bonchev–Trinajstić information content (AvgIpc) is 2.90. The van der Waals surface area contributed by atoms with E-state index < -0.39 is 11.9 Å². The number of hydrogen-bond acceptors (Lipinski definition) is 5. The summed E-state index contributed by atoms with van der Waals surface area (Å²) in [4.78, 5) is 22.8. The van der Waals surface area contributed by atoms with Crippen molar-refractivity contribution >= 4 is 23.5 Å². The van der Waals surface area contributed by atoms with Crippen LogP contribution in [0.25, 0.3) is 11.1 Å². The zero-order chi connectivity index (χ0) is 16.1. The standard InChI is InChI=1S/C16H15ClO5/c1-3-20-16(19)14-8-13(11-4-6-12(17)7-5-11)15(22-14)9-21-10(2)18/h4-8H,3,9H2,1-2H3. The Bertz CT molecular complexity index is 672. The maximum Gasteiger partial charge on any atom is 0.374 e. The maximum atomic E-state index is 11.8. The van der Waals surface area contributed by atoms with Crippen LogP contribution in [0.1, 0.15) is 30.2 Å². The third kappa shape index (κ3) is 3.89. The molecule has 0 radical (unpaired) electrons. The summed E-state index contributed by atoms with van der Waals surface area (Å²) < 4.78 is 15.4. The number of ether oxygens (including phenoxy) is 2. The van der Waals surface area contributed by atoms with E-state index in [1.54, 1.807) is 37.3 Å². The normalized spacial score (nSPS) is 10.3.